The largest absolute Gasteiger partial charge is 0.357 e. The number of nitrogens with one attached hydrogen (secondary N) is 1. The van der Waals surface area contributed by atoms with Crippen LogP contribution in [0.15, 0.2) is 108 Å². The minimum Gasteiger partial charge on any atom is -0.357 e. The van der Waals surface area contributed by atoms with Gasteiger partial charge in [-0.25, -0.2) is 17.2 Å². The highest BCUT2D eigenvalue weighted by Gasteiger charge is 2.34. The van der Waals surface area contributed by atoms with Crippen molar-refractivity contribution in [2.75, 3.05) is 17.9 Å². The molecule has 1 atom stereocenters. The summed E-state index contributed by atoms with van der Waals surface area (Å²) in [5.41, 5.74) is 1.99. The van der Waals surface area contributed by atoms with Gasteiger partial charge in [-0.2, -0.15) is 0 Å². The number of likely N-dealkylation sites (N-methyl/N-ethyl adjacent to an activating group) is 1. The molecule has 0 aliphatic carbocycles. The summed E-state index contributed by atoms with van der Waals surface area (Å²) in [5.74, 6) is -2.40. The number of carbonyl (C=O) groups excluding carboxylic acids is 2. The highest BCUT2D eigenvalue weighted by atomic mass is 32.2. The zero-order valence-electron chi connectivity index (χ0n) is 23.2. The Morgan fingerprint density at radius 1 is 0.833 bits per heavy atom. The number of hydrogen-bond acceptors (Lipinski definition) is 4. The van der Waals surface area contributed by atoms with Crippen LogP contribution in [-0.4, -0.2) is 44.8 Å². The summed E-state index contributed by atoms with van der Waals surface area (Å²) in [7, 11) is -2.92. The van der Waals surface area contributed by atoms with Gasteiger partial charge in [0.05, 0.1) is 10.6 Å². The van der Waals surface area contributed by atoms with Crippen LogP contribution in [0.25, 0.3) is 0 Å². The van der Waals surface area contributed by atoms with Crippen LogP contribution in [-0.2, 0) is 32.6 Å². The first-order chi connectivity index (χ1) is 20.1. The van der Waals surface area contributed by atoms with Crippen molar-refractivity contribution in [2.24, 2.45) is 0 Å². The van der Waals surface area contributed by atoms with E-state index in [0.29, 0.717) is 0 Å². The number of aryl methyl sites for hydroxylation is 1. The third-order valence-electron chi connectivity index (χ3n) is 6.82. The van der Waals surface area contributed by atoms with Gasteiger partial charge < -0.3 is 10.2 Å². The number of rotatable bonds is 11. The zero-order valence-corrected chi connectivity index (χ0v) is 24.0. The summed E-state index contributed by atoms with van der Waals surface area (Å²) in [6, 6.07) is 24.6. The molecule has 0 fully saturated rings. The summed E-state index contributed by atoms with van der Waals surface area (Å²) in [5, 5.41) is 2.58. The average molecular weight is 592 g/mol. The molecule has 0 saturated heterocycles. The molecule has 0 aliphatic heterocycles. The Morgan fingerprint density at radius 3 is 2.07 bits per heavy atom. The van der Waals surface area contributed by atoms with Crippen molar-refractivity contribution in [3.05, 3.63) is 131 Å². The molecule has 1 N–H and O–H groups in total. The molecule has 42 heavy (non-hydrogen) atoms. The molecule has 0 aromatic heterocycles. The highest BCUT2D eigenvalue weighted by Crippen LogP contribution is 2.26. The molecule has 0 saturated carbocycles. The predicted octanol–water partition coefficient (Wildman–Crippen LogP) is 4.85. The molecule has 0 heterocycles. The van der Waals surface area contributed by atoms with Crippen molar-refractivity contribution in [3.63, 3.8) is 0 Å². The second-order valence-electron chi connectivity index (χ2n) is 9.73. The van der Waals surface area contributed by atoms with Crippen LogP contribution >= 0.6 is 0 Å². The number of benzene rings is 4. The minimum absolute atomic E-state index is 0.107. The van der Waals surface area contributed by atoms with E-state index in [1.165, 1.54) is 30.1 Å². The molecule has 0 aliphatic rings. The number of sulfonamides is 1. The fraction of sp³-hybridized carbons (Fsp3) is 0.188. The summed E-state index contributed by atoms with van der Waals surface area (Å²) < 4.78 is 57.1. The second-order valence-corrected chi connectivity index (χ2v) is 11.6. The molecule has 0 spiro atoms. The first-order valence-corrected chi connectivity index (χ1v) is 14.7. The lowest BCUT2D eigenvalue weighted by Gasteiger charge is -2.33. The van der Waals surface area contributed by atoms with E-state index in [9.17, 15) is 26.8 Å². The van der Waals surface area contributed by atoms with Crippen LogP contribution in [0, 0.1) is 18.6 Å². The molecule has 4 aromatic rings. The lowest BCUT2D eigenvalue weighted by molar-refractivity contribution is -0.139. The number of hydrogen-bond donors (Lipinski definition) is 1. The van der Waals surface area contributed by atoms with Gasteiger partial charge in [0.1, 0.15) is 24.2 Å². The van der Waals surface area contributed by atoms with Crippen molar-refractivity contribution < 1.29 is 26.8 Å². The van der Waals surface area contributed by atoms with Gasteiger partial charge in [-0.15, -0.1) is 0 Å². The summed E-state index contributed by atoms with van der Waals surface area (Å²) >= 11 is 0. The van der Waals surface area contributed by atoms with Gasteiger partial charge in [-0.1, -0.05) is 66.2 Å². The Hall–Kier alpha value is -4.57. The van der Waals surface area contributed by atoms with E-state index < -0.39 is 46.1 Å². The van der Waals surface area contributed by atoms with Crippen LogP contribution in [0.3, 0.4) is 0 Å². The van der Waals surface area contributed by atoms with Crippen molar-refractivity contribution >= 4 is 27.5 Å². The first-order valence-electron chi connectivity index (χ1n) is 13.2. The number of anilines is 1. The van der Waals surface area contributed by atoms with Crippen molar-refractivity contribution in [1.82, 2.24) is 10.2 Å². The van der Waals surface area contributed by atoms with E-state index >= 15 is 0 Å². The second kappa shape index (κ2) is 13.4. The third-order valence-corrected chi connectivity index (χ3v) is 8.61. The third kappa shape index (κ3) is 7.19. The van der Waals surface area contributed by atoms with Gasteiger partial charge in [0, 0.05) is 25.6 Å². The molecule has 218 valence electrons. The van der Waals surface area contributed by atoms with Gasteiger partial charge in [-0.3, -0.25) is 13.9 Å². The Kier molecular flexibility index (Phi) is 9.69. The van der Waals surface area contributed by atoms with Crippen molar-refractivity contribution in [1.29, 1.82) is 0 Å². The maximum absolute atomic E-state index is 14.8. The molecule has 10 heteroatoms. The highest BCUT2D eigenvalue weighted by molar-refractivity contribution is 7.92. The SMILES string of the molecule is CNC(=O)[C@@H](Cc1ccccc1)N(Cc1ccccc1F)C(=O)CN(c1ccc(C)cc1)S(=O)(=O)c1ccc(F)cc1. The van der Waals surface area contributed by atoms with Crippen molar-refractivity contribution in [3.8, 4) is 0 Å². The fourth-order valence-corrected chi connectivity index (χ4v) is 5.92. The van der Waals surface area contributed by atoms with E-state index in [2.05, 4.69) is 5.32 Å². The van der Waals surface area contributed by atoms with Crippen LogP contribution in [0.5, 0.6) is 0 Å². The molecule has 0 unspecified atom stereocenters. The maximum Gasteiger partial charge on any atom is 0.264 e. The van der Waals surface area contributed by atoms with Crippen molar-refractivity contribution in [2.45, 2.75) is 30.8 Å². The number of amides is 2. The summed E-state index contributed by atoms with van der Waals surface area (Å²) in [6.45, 7) is 0.857. The summed E-state index contributed by atoms with van der Waals surface area (Å²) in [4.78, 5) is 28.3. The Morgan fingerprint density at radius 2 is 1.45 bits per heavy atom. The lowest BCUT2D eigenvalue weighted by Crippen LogP contribution is -2.53. The van der Waals surface area contributed by atoms with Crippen LogP contribution < -0.4 is 9.62 Å². The van der Waals surface area contributed by atoms with E-state index in [-0.39, 0.29) is 29.1 Å². The lowest BCUT2D eigenvalue weighted by atomic mass is 10.0. The van der Waals surface area contributed by atoms with Gasteiger partial charge in [0.15, 0.2) is 0 Å². The van der Waals surface area contributed by atoms with E-state index in [0.717, 1.165) is 39.7 Å². The Balaban J connectivity index is 1.79. The standard InChI is InChI=1S/C32H31F2N3O4S/c1-23-12-16-27(17-13-23)37(42(40,41)28-18-14-26(33)15-19-28)22-31(38)36(21-25-10-6-7-11-29(25)34)30(32(39)35-2)20-24-8-4-3-5-9-24/h3-19,30H,20-22H2,1-2H3,(H,35,39)/t30-/m1/s1. The van der Waals surface area contributed by atoms with Crippen LogP contribution in [0.4, 0.5) is 14.5 Å². The topological polar surface area (TPSA) is 86.8 Å². The smallest absolute Gasteiger partial charge is 0.264 e. The number of halogens is 2. The fourth-order valence-electron chi connectivity index (χ4n) is 4.50. The quantitative estimate of drug-likeness (QED) is 0.270. The number of carbonyl (C=O) groups is 2. The molecule has 4 rings (SSSR count). The van der Waals surface area contributed by atoms with Gasteiger partial charge in [0.2, 0.25) is 11.8 Å². The molecular formula is C32H31F2N3O4S. The van der Waals surface area contributed by atoms with E-state index in [4.69, 9.17) is 0 Å². The Labute approximate surface area is 244 Å². The Bertz CT molecular complexity index is 1630. The normalized spacial score (nSPS) is 11.9. The molecule has 0 bridgehead atoms. The van der Waals surface area contributed by atoms with E-state index in [1.807, 2.05) is 13.0 Å². The first kappa shape index (κ1) is 30.4. The molecular weight excluding hydrogens is 560 g/mol. The molecule has 7 nitrogen and oxygen atoms in total. The molecule has 4 aromatic carbocycles. The van der Waals surface area contributed by atoms with Gasteiger partial charge in [-0.05, 0) is 55.0 Å². The zero-order chi connectivity index (χ0) is 30.3. The number of nitrogens with zero attached hydrogens (tertiary/aromatic N) is 2. The molecule has 0 radical (unpaired) electrons. The minimum atomic E-state index is -4.36. The van der Waals surface area contributed by atoms with E-state index in [1.54, 1.807) is 54.6 Å². The van der Waals surface area contributed by atoms with Crippen LogP contribution in [0.2, 0.25) is 0 Å². The maximum atomic E-state index is 14.8. The summed E-state index contributed by atoms with van der Waals surface area (Å²) in [6.07, 6.45) is 0.107. The monoisotopic (exact) mass is 591 g/mol. The average Bonchev–Trinajstić information content (AvgIpc) is 2.99. The van der Waals surface area contributed by atoms with Gasteiger partial charge in [0.25, 0.3) is 10.0 Å². The van der Waals surface area contributed by atoms with Gasteiger partial charge >= 0.3 is 0 Å². The molecule has 2 amide bonds. The van der Waals surface area contributed by atoms with Crippen LogP contribution in [0.1, 0.15) is 16.7 Å². The predicted molar refractivity (Wildman–Crippen MR) is 157 cm³/mol.